The second kappa shape index (κ2) is 8.56. The van der Waals surface area contributed by atoms with Crippen LogP contribution in [0.15, 0.2) is 46.8 Å². The van der Waals surface area contributed by atoms with Gasteiger partial charge < -0.3 is 9.47 Å². The Morgan fingerprint density at radius 3 is 2.62 bits per heavy atom. The van der Waals surface area contributed by atoms with Crippen molar-refractivity contribution >= 4 is 39.3 Å². The van der Waals surface area contributed by atoms with Gasteiger partial charge in [-0.15, -0.1) is 11.3 Å². The smallest absolute Gasteiger partial charge is 0.324 e. The maximum absolute atomic E-state index is 12.5. The summed E-state index contributed by atoms with van der Waals surface area (Å²) in [6.07, 6.45) is 0. The molecular formula is C20H21NO3S2. The highest BCUT2D eigenvalue weighted by Gasteiger charge is 2.25. The molecule has 0 bridgehead atoms. The summed E-state index contributed by atoms with van der Waals surface area (Å²) in [6.45, 7) is 6.80. The van der Waals surface area contributed by atoms with Crippen LogP contribution in [-0.4, -0.2) is 24.2 Å². The highest BCUT2D eigenvalue weighted by Crippen LogP contribution is 2.40. The van der Waals surface area contributed by atoms with Gasteiger partial charge in [0.15, 0.2) is 4.34 Å². The van der Waals surface area contributed by atoms with Gasteiger partial charge in [0.2, 0.25) is 0 Å². The average Bonchev–Trinajstić information content (AvgIpc) is 3.03. The molecule has 1 heterocycles. The highest BCUT2D eigenvalue weighted by atomic mass is 32.2. The van der Waals surface area contributed by atoms with Crippen molar-refractivity contribution in [2.75, 3.05) is 13.2 Å². The van der Waals surface area contributed by atoms with Crippen LogP contribution in [-0.2, 0) is 9.53 Å². The van der Waals surface area contributed by atoms with E-state index in [-0.39, 0.29) is 5.97 Å². The Labute approximate surface area is 161 Å². The molecule has 0 spiro atoms. The number of rotatable bonds is 7. The third-order valence-corrected chi connectivity index (χ3v) is 6.10. The minimum atomic E-state index is -0.428. The number of fused-ring (bicyclic) bond motifs is 1. The van der Waals surface area contributed by atoms with E-state index in [1.54, 1.807) is 11.3 Å². The molecule has 0 saturated carbocycles. The highest BCUT2D eigenvalue weighted by molar-refractivity contribution is 8.02. The van der Waals surface area contributed by atoms with Crippen LogP contribution in [0, 0.1) is 6.92 Å². The number of esters is 1. The Hall–Kier alpha value is -2.05. The maximum atomic E-state index is 12.5. The number of hydrogen-bond acceptors (Lipinski definition) is 6. The van der Waals surface area contributed by atoms with Gasteiger partial charge >= 0.3 is 5.97 Å². The minimum absolute atomic E-state index is 0.240. The minimum Gasteiger partial charge on any atom is -0.494 e. The van der Waals surface area contributed by atoms with E-state index in [0.29, 0.717) is 13.2 Å². The summed E-state index contributed by atoms with van der Waals surface area (Å²) in [5.74, 6) is 0.594. The van der Waals surface area contributed by atoms with E-state index < -0.39 is 5.25 Å². The molecule has 4 nitrogen and oxygen atoms in total. The van der Waals surface area contributed by atoms with Crippen molar-refractivity contribution in [3.05, 3.63) is 53.6 Å². The molecule has 0 saturated heterocycles. The number of hydrogen-bond donors (Lipinski definition) is 0. The SMILES string of the molecule is CCOC(=O)C(Sc1nc2ccc(OCC)cc2s1)c1ccc(C)cc1. The zero-order valence-electron chi connectivity index (χ0n) is 15.0. The molecule has 0 amide bonds. The normalized spacial score (nSPS) is 12.1. The molecule has 0 aliphatic rings. The zero-order valence-corrected chi connectivity index (χ0v) is 16.7. The van der Waals surface area contributed by atoms with Crippen molar-refractivity contribution < 1.29 is 14.3 Å². The molecule has 0 radical (unpaired) electrons. The Balaban J connectivity index is 1.89. The number of aryl methyl sites for hydroxylation is 1. The first-order valence-corrected chi connectivity index (χ1v) is 10.2. The number of carbonyl (C=O) groups is 1. The number of thioether (sulfide) groups is 1. The fourth-order valence-electron chi connectivity index (χ4n) is 2.50. The van der Waals surface area contributed by atoms with Gasteiger partial charge in [0, 0.05) is 0 Å². The van der Waals surface area contributed by atoms with Crippen molar-refractivity contribution in [2.45, 2.75) is 30.4 Å². The van der Waals surface area contributed by atoms with E-state index in [2.05, 4.69) is 4.98 Å². The Kier molecular flexibility index (Phi) is 6.16. The molecule has 1 aromatic heterocycles. The van der Waals surface area contributed by atoms with Crippen LogP contribution in [0.2, 0.25) is 0 Å². The lowest BCUT2D eigenvalue weighted by Crippen LogP contribution is -2.13. The number of carbonyl (C=O) groups excluding carboxylic acids is 1. The van der Waals surface area contributed by atoms with E-state index in [1.807, 2.05) is 63.2 Å². The van der Waals surface area contributed by atoms with Crippen LogP contribution < -0.4 is 4.74 Å². The van der Waals surface area contributed by atoms with Crippen LogP contribution >= 0.6 is 23.1 Å². The van der Waals surface area contributed by atoms with Crippen LogP contribution in [0.4, 0.5) is 0 Å². The second-order valence-corrected chi connectivity index (χ2v) is 8.09. The first-order chi connectivity index (χ1) is 12.6. The quantitative estimate of drug-likeness (QED) is 0.401. The van der Waals surface area contributed by atoms with Crippen molar-refractivity contribution in [1.29, 1.82) is 0 Å². The van der Waals surface area contributed by atoms with Crippen LogP contribution in [0.3, 0.4) is 0 Å². The standard InChI is InChI=1S/C20H21NO3S2/c1-4-23-15-10-11-16-17(12-15)25-20(21-16)26-18(19(22)24-5-2)14-8-6-13(3)7-9-14/h6-12,18H,4-5H2,1-3H3. The molecule has 1 unspecified atom stereocenters. The van der Waals surface area contributed by atoms with Gasteiger partial charge in [0.05, 0.1) is 23.4 Å². The topological polar surface area (TPSA) is 48.4 Å². The zero-order chi connectivity index (χ0) is 18.5. The summed E-state index contributed by atoms with van der Waals surface area (Å²) < 4.78 is 12.7. The van der Waals surface area contributed by atoms with Gasteiger partial charge in [0.1, 0.15) is 11.0 Å². The lowest BCUT2D eigenvalue weighted by Gasteiger charge is -2.14. The van der Waals surface area contributed by atoms with E-state index in [1.165, 1.54) is 11.8 Å². The Bertz CT molecular complexity index is 890. The third kappa shape index (κ3) is 4.37. The Morgan fingerprint density at radius 2 is 1.92 bits per heavy atom. The van der Waals surface area contributed by atoms with E-state index in [4.69, 9.17) is 9.47 Å². The van der Waals surface area contributed by atoms with Crippen LogP contribution in [0.1, 0.15) is 30.2 Å². The number of ether oxygens (including phenoxy) is 2. The van der Waals surface area contributed by atoms with E-state index >= 15 is 0 Å². The molecule has 1 atom stereocenters. The number of thiazole rings is 1. The molecular weight excluding hydrogens is 366 g/mol. The van der Waals surface area contributed by atoms with Gasteiger partial charge in [-0.25, -0.2) is 4.98 Å². The number of aromatic nitrogens is 1. The van der Waals surface area contributed by atoms with Gasteiger partial charge in [-0.05, 0) is 44.5 Å². The first kappa shape index (κ1) is 18.7. The van der Waals surface area contributed by atoms with E-state index in [0.717, 1.165) is 31.4 Å². The summed E-state index contributed by atoms with van der Waals surface area (Å²) in [5, 5.41) is -0.428. The van der Waals surface area contributed by atoms with Gasteiger partial charge in [-0.1, -0.05) is 41.6 Å². The second-order valence-electron chi connectivity index (χ2n) is 5.70. The molecule has 0 fully saturated rings. The lowest BCUT2D eigenvalue weighted by molar-refractivity contribution is -0.142. The molecule has 0 aliphatic carbocycles. The van der Waals surface area contributed by atoms with Gasteiger partial charge in [0.25, 0.3) is 0 Å². The largest absolute Gasteiger partial charge is 0.494 e. The summed E-state index contributed by atoms with van der Waals surface area (Å²) in [7, 11) is 0. The third-order valence-electron chi connectivity index (χ3n) is 3.75. The Morgan fingerprint density at radius 1 is 1.15 bits per heavy atom. The predicted molar refractivity (Wildman–Crippen MR) is 107 cm³/mol. The summed E-state index contributed by atoms with van der Waals surface area (Å²) in [6, 6.07) is 13.8. The fourth-order valence-corrected chi connectivity index (χ4v) is 4.79. The predicted octanol–water partition coefficient (Wildman–Crippen LogP) is 5.40. The van der Waals surface area contributed by atoms with Gasteiger partial charge in [-0.2, -0.15) is 0 Å². The molecule has 26 heavy (non-hydrogen) atoms. The van der Waals surface area contributed by atoms with E-state index in [9.17, 15) is 4.79 Å². The number of nitrogens with zero attached hydrogens (tertiary/aromatic N) is 1. The number of benzene rings is 2. The monoisotopic (exact) mass is 387 g/mol. The molecule has 0 N–H and O–H groups in total. The summed E-state index contributed by atoms with van der Waals surface area (Å²) in [5.41, 5.74) is 2.99. The van der Waals surface area contributed by atoms with Crippen molar-refractivity contribution in [1.82, 2.24) is 4.98 Å². The van der Waals surface area contributed by atoms with Crippen molar-refractivity contribution in [3.63, 3.8) is 0 Å². The fraction of sp³-hybridized carbons (Fsp3) is 0.300. The van der Waals surface area contributed by atoms with Crippen LogP contribution in [0.5, 0.6) is 5.75 Å². The van der Waals surface area contributed by atoms with Crippen molar-refractivity contribution in [3.8, 4) is 5.75 Å². The molecule has 6 heteroatoms. The molecule has 0 aliphatic heterocycles. The van der Waals surface area contributed by atoms with Crippen molar-refractivity contribution in [2.24, 2.45) is 0 Å². The summed E-state index contributed by atoms with van der Waals surface area (Å²) in [4.78, 5) is 17.2. The summed E-state index contributed by atoms with van der Waals surface area (Å²) >= 11 is 3.00. The first-order valence-electron chi connectivity index (χ1n) is 8.54. The van der Waals surface area contributed by atoms with Gasteiger partial charge in [-0.3, -0.25) is 4.79 Å². The molecule has 2 aromatic carbocycles. The molecule has 136 valence electrons. The molecule has 3 aromatic rings. The van der Waals surface area contributed by atoms with Crippen LogP contribution in [0.25, 0.3) is 10.2 Å². The molecule has 3 rings (SSSR count). The maximum Gasteiger partial charge on any atom is 0.324 e. The average molecular weight is 388 g/mol. The lowest BCUT2D eigenvalue weighted by atomic mass is 10.1.